The van der Waals surface area contributed by atoms with Gasteiger partial charge in [-0.25, -0.2) is 14.4 Å². The lowest BCUT2D eigenvalue weighted by Crippen LogP contribution is -2.44. The molecule has 2 N–H and O–H groups in total. The van der Waals surface area contributed by atoms with E-state index in [1.807, 2.05) is 11.9 Å². The molecule has 3 heterocycles. The molecule has 11 heteroatoms. The molecule has 38 heavy (non-hydrogen) atoms. The largest absolute Gasteiger partial charge is 0.416 e. The maximum absolute atomic E-state index is 14.1. The Morgan fingerprint density at radius 3 is 2.47 bits per heavy atom. The number of aromatic nitrogens is 2. The third kappa shape index (κ3) is 6.85. The second-order valence-corrected chi connectivity index (χ2v) is 8.88. The van der Waals surface area contributed by atoms with Crippen LogP contribution in [0.4, 0.5) is 29.2 Å². The predicted molar refractivity (Wildman–Crippen MR) is 136 cm³/mol. The highest BCUT2D eigenvalue weighted by Gasteiger charge is 2.34. The van der Waals surface area contributed by atoms with Crippen LogP contribution >= 0.6 is 0 Å². The first-order valence-electron chi connectivity index (χ1n) is 11.9. The number of likely N-dealkylation sites (N-methyl/N-ethyl adjacent to an activating group) is 1. The van der Waals surface area contributed by atoms with Crippen LogP contribution in [0.5, 0.6) is 0 Å². The molecule has 0 unspecified atom stereocenters. The van der Waals surface area contributed by atoms with Gasteiger partial charge in [0, 0.05) is 69.4 Å². The van der Waals surface area contributed by atoms with E-state index < -0.39 is 23.5 Å². The number of benzene rings is 1. The number of amides is 1. The van der Waals surface area contributed by atoms with Crippen LogP contribution in [0, 0.1) is 17.7 Å². The average Bonchev–Trinajstić information content (AvgIpc) is 2.89. The minimum absolute atomic E-state index is 0.0859. The lowest BCUT2D eigenvalue weighted by Gasteiger charge is -2.33. The molecule has 1 saturated heterocycles. The molecule has 2 aromatic heterocycles. The number of halogens is 4. The van der Waals surface area contributed by atoms with Crippen LogP contribution in [0.2, 0.25) is 0 Å². The van der Waals surface area contributed by atoms with Gasteiger partial charge in [-0.3, -0.25) is 9.69 Å². The third-order valence-corrected chi connectivity index (χ3v) is 6.12. The fourth-order valence-corrected chi connectivity index (χ4v) is 3.93. The van der Waals surface area contributed by atoms with E-state index in [0.29, 0.717) is 24.5 Å². The Bertz CT molecular complexity index is 1370. The van der Waals surface area contributed by atoms with E-state index in [1.165, 1.54) is 36.7 Å². The summed E-state index contributed by atoms with van der Waals surface area (Å²) in [6.07, 6.45) is -1.93. The number of nitrogens with zero attached hydrogens (tertiary/aromatic N) is 4. The quantitative estimate of drug-likeness (QED) is 0.386. The van der Waals surface area contributed by atoms with Crippen LogP contribution in [0.1, 0.15) is 32.6 Å². The fraction of sp³-hybridized carbons (Fsp3) is 0.296. The number of rotatable bonds is 5. The van der Waals surface area contributed by atoms with Gasteiger partial charge >= 0.3 is 6.18 Å². The van der Waals surface area contributed by atoms with Gasteiger partial charge in [0.25, 0.3) is 5.91 Å². The normalized spacial score (nSPS) is 14.5. The molecule has 0 spiro atoms. The van der Waals surface area contributed by atoms with E-state index in [-0.39, 0.29) is 29.1 Å². The topological polar surface area (TPSA) is 73.4 Å². The van der Waals surface area contributed by atoms with Gasteiger partial charge in [-0.05, 0) is 36.9 Å². The lowest BCUT2D eigenvalue weighted by molar-refractivity contribution is -0.138. The van der Waals surface area contributed by atoms with Crippen LogP contribution in [0.25, 0.3) is 0 Å². The molecule has 198 valence electrons. The van der Waals surface area contributed by atoms with E-state index in [1.54, 1.807) is 13.1 Å². The van der Waals surface area contributed by atoms with Crippen LogP contribution in [0.3, 0.4) is 0 Å². The van der Waals surface area contributed by atoms with Gasteiger partial charge in [-0.1, -0.05) is 17.9 Å². The molecule has 1 fully saturated rings. The van der Waals surface area contributed by atoms with E-state index in [4.69, 9.17) is 0 Å². The number of alkyl halides is 3. The molecular formula is C27H26F4N6O. The Kier molecular flexibility index (Phi) is 8.24. The molecule has 1 amide bonds. The zero-order chi connectivity index (χ0) is 27.3. The molecule has 0 saturated carbocycles. The molecular weight excluding hydrogens is 500 g/mol. The summed E-state index contributed by atoms with van der Waals surface area (Å²) < 4.78 is 55.7. The summed E-state index contributed by atoms with van der Waals surface area (Å²) >= 11 is 0. The Morgan fingerprint density at radius 2 is 1.79 bits per heavy atom. The van der Waals surface area contributed by atoms with Crippen LogP contribution < -0.4 is 10.6 Å². The second kappa shape index (κ2) is 11.6. The molecule has 1 aromatic carbocycles. The van der Waals surface area contributed by atoms with E-state index >= 15 is 0 Å². The average molecular weight is 527 g/mol. The van der Waals surface area contributed by atoms with Crippen molar-refractivity contribution in [3.63, 3.8) is 0 Å². The van der Waals surface area contributed by atoms with Crippen molar-refractivity contribution >= 4 is 17.5 Å². The second-order valence-electron chi connectivity index (χ2n) is 8.88. The van der Waals surface area contributed by atoms with Crippen LogP contribution in [-0.2, 0) is 12.7 Å². The molecule has 4 rings (SSSR count). The van der Waals surface area contributed by atoms with E-state index in [0.717, 1.165) is 19.2 Å². The Hall–Kier alpha value is -4.01. The molecule has 0 bridgehead atoms. The van der Waals surface area contributed by atoms with Gasteiger partial charge in [0.2, 0.25) is 0 Å². The van der Waals surface area contributed by atoms with Gasteiger partial charge < -0.3 is 15.5 Å². The van der Waals surface area contributed by atoms with Crippen molar-refractivity contribution in [1.29, 1.82) is 0 Å². The fourth-order valence-electron chi connectivity index (χ4n) is 3.93. The third-order valence-electron chi connectivity index (χ3n) is 6.12. The molecule has 0 aliphatic carbocycles. The summed E-state index contributed by atoms with van der Waals surface area (Å²) in [5, 5.41) is 5.24. The number of carbonyl (C=O) groups excluding carboxylic acids is 1. The summed E-state index contributed by atoms with van der Waals surface area (Å²) in [5.41, 5.74) is -0.348. The summed E-state index contributed by atoms with van der Waals surface area (Å²) in [6, 6.07) is 7.83. The Labute approximate surface area is 217 Å². The van der Waals surface area contributed by atoms with Gasteiger partial charge in [-0.15, -0.1) is 0 Å². The van der Waals surface area contributed by atoms with Gasteiger partial charge in [-0.2, -0.15) is 13.2 Å². The van der Waals surface area contributed by atoms with Crippen LogP contribution in [0.15, 0.2) is 48.8 Å². The molecule has 3 aromatic rings. The van der Waals surface area contributed by atoms with Crippen molar-refractivity contribution in [2.24, 2.45) is 0 Å². The minimum atomic E-state index is -4.61. The monoisotopic (exact) mass is 526 g/mol. The van der Waals surface area contributed by atoms with E-state index in [2.05, 4.69) is 37.3 Å². The standard InChI is InChI=1S/C27H26F4N6O/c1-32-24-15-23(28)20(16-34-24)4-3-18-7-8-33-25(13-18)35-26(38)19-5-6-21(22(14-19)27(29,30)31)17-37-11-9-36(2)10-12-37/h5-8,13-16H,9-12,17H2,1-2H3,(H,32,34)(H,33,35,38). The smallest absolute Gasteiger partial charge is 0.373 e. The maximum atomic E-state index is 14.1. The van der Waals surface area contributed by atoms with Gasteiger partial charge in [0.1, 0.15) is 17.5 Å². The highest BCUT2D eigenvalue weighted by atomic mass is 19.4. The van der Waals surface area contributed by atoms with Crippen molar-refractivity contribution in [1.82, 2.24) is 19.8 Å². The first-order valence-corrected chi connectivity index (χ1v) is 11.9. The summed E-state index contributed by atoms with van der Waals surface area (Å²) in [5.74, 6) is 4.62. The predicted octanol–water partition coefficient (Wildman–Crippen LogP) is 4.08. The number of nitrogens with one attached hydrogen (secondary N) is 2. The number of carbonyl (C=O) groups is 1. The SMILES string of the molecule is CNc1cc(F)c(C#Cc2ccnc(NC(=O)c3ccc(CN4CCN(C)CC4)c(C(F)(F)F)c3)c2)cn1. The molecule has 1 aliphatic rings. The maximum Gasteiger partial charge on any atom is 0.416 e. The Balaban J connectivity index is 1.50. The molecule has 1 aliphatic heterocycles. The highest BCUT2D eigenvalue weighted by molar-refractivity contribution is 6.04. The van der Waals surface area contributed by atoms with Gasteiger partial charge in [0.15, 0.2) is 0 Å². The first-order chi connectivity index (χ1) is 18.1. The number of hydrogen-bond donors (Lipinski definition) is 2. The van der Waals surface area contributed by atoms with Crippen molar-refractivity contribution in [2.75, 3.05) is 50.9 Å². The Morgan fingerprint density at radius 1 is 1.03 bits per heavy atom. The molecule has 7 nitrogen and oxygen atoms in total. The van der Waals surface area contributed by atoms with Crippen LogP contribution in [-0.4, -0.2) is 65.9 Å². The number of anilines is 2. The van der Waals surface area contributed by atoms with E-state index in [9.17, 15) is 22.4 Å². The van der Waals surface area contributed by atoms with Crippen molar-refractivity contribution in [3.05, 3.63) is 82.4 Å². The zero-order valence-corrected chi connectivity index (χ0v) is 20.9. The number of pyridine rings is 2. The lowest BCUT2D eigenvalue weighted by atomic mass is 10.0. The summed E-state index contributed by atoms with van der Waals surface area (Å²) in [4.78, 5) is 25.0. The van der Waals surface area contributed by atoms with Crippen molar-refractivity contribution in [3.8, 4) is 11.8 Å². The highest BCUT2D eigenvalue weighted by Crippen LogP contribution is 2.33. The number of hydrogen-bond acceptors (Lipinski definition) is 6. The zero-order valence-electron chi connectivity index (χ0n) is 20.9. The summed E-state index contributed by atoms with van der Waals surface area (Å²) in [6.45, 7) is 3.07. The molecule has 0 atom stereocenters. The van der Waals surface area contributed by atoms with Crippen molar-refractivity contribution < 1.29 is 22.4 Å². The van der Waals surface area contributed by atoms with Gasteiger partial charge in [0.05, 0.1) is 11.1 Å². The number of piperazine rings is 1. The first kappa shape index (κ1) is 27.0. The molecule has 0 radical (unpaired) electrons. The van der Waals surface area contributed by atoms with Crippen molar-refractivity contribution in [2.45, 2.75) is 12.7 Å². The minimum Gasteiger partial charge on any atom is -0.373 e. The summed E-state index contributed by atoms with van der Waals surface area (Å²) in [7, 11) is 3.59.